The Hall–Kier alpha value is -2.38. The van der Waals surface area contributed by atoms with Gasteiger partial charge in [-0.25, -0.2) is 4.99 Å². The molecule has 0 spiro atoms. The second-order valence-corrected chi connectivity index (χ2v) is 7.77. The van der Waals surface area contributed by atoms with E-state index in [2.05, 4.69) is 46.8 Å². The molecule has 2 aromatic heterocycles. The second kappa shape index (κ2) is 9.01. The Balaban J connectivity index is 1.61. The number of hydrogen-bond donors (Lipinski definition) is 3. The lowest BCUT2D eigenvalue weighted by molar-refractivity contribution is 0.184. The van der Waals surface area contributed by atoms with E-state index in [1.54, 1.807) is 11.3 Å². The molecular formula is C20H26N4O2S. The van der Waals surface area contributed by atoms with E-state index in [1.165, 1.54) is 4.70 Å². The zero-order valence-corrected chi connectivity index (χ0v) is 16.7. The first-order valence-electron chi connectivity index (χ1n) is 9.21. The van der Waals surface area contributed by atoms with E-state index >= 15 is 0 Å². The molecule has 0 aliphatic heterocycles. The van der Waals surface area contributed by atoms with E-state index in [1.807, 2.05) is 31.2 Å². The lowest BCUT2D eigenvalue weighted by atomic mass is 10.1. The zero-order chi connectivity index (χ0) is 19.2. The maximum atomic E-state index is 10.5. The number of hydrogen-bond acceptors (Lipinski definition) is 5. The maximum absolute atomic E-state index is 10.5. The number of aromatic nitrogens is 1. The van der Waals surface area contributed by atoms with Crippen LogP contribution in [0.15, 0.2) is 45.9 Å². The Kier molecular flexibility index (Phi) is 6.47. The number of benzene rings is 1. The van der Waals surface area contributed by atoms with Gasteiger partial charge in [-0.05, 0) is 30.4 Å². The summed E-state index contributed by atoms with van der Waals surface area (Å²) in [5, 5.41) is 22.1. The standard InChI is InChI=1S/C20H26N4O2S/c1-4-21-20(22-11-15-10-16(13(2)3)24-26-15)23-12-17(25)19-9-14-7-5-6-8-18(14)27-19/h5-10,13,17,25H,4,11-12H2,1-3H3,(H2,21,22,23). The molecule has 2 heterocycles. The Morgan fingerprint density at radius 1 is 1.26 bits per heavy atom. The van der Waals surface area contributed by atoms with Crippen molar-refractivity contribution < 1.29 is 9.63 Å². The van der Waals surface area contributed by atoms with E-state index in [4.69, 9.17) is 4.52 Å². The van der Waals surface area contributed by atoms with Crippen molar-refractivity contribution in [3.8, 4) is 0 Å². The van der Waals surface area contributed by atoms with Crippen LogP contribution in [0, 0.1) is 0 Å². The van der Waals surface area contributed by atoms with Crippen LogP contribution < -0.4 is 10.6 Å². The predicted octanol–water partition coefficient (Wildman–Crippen LogP) is 3.80. The van der Waals surface area contributed by atoms with Crippen LogP contribution in [0.1, 0.15) is 49.1 Å². The Labute approximate surface area is 163 Å². The molecule has 0 radical (unpaired) electrons. The highest BCUT2D eigenvalue weighted by molar-refractivity contribution is 7.19. The molecule has 0 aliphatic rings. The quantitative estimate of drug-likeness (QED) is 0.425. The van der Waals surface area contributed by atoms with E-state index in [9.17, 15) is 5.11 Å². The Morgan fingerprint density at radius 2 is 2.07 bits per heavy atom. The summed E-state index contributed by atoms with van der Waals surface area (Å²) in [5.74, 6) is 1.69. The van der Waals surface area contributed by atoms with Crippen LogP contribution in [0.3, 0.4) is 0 Å². The van der Waals surface area contributed by atoms with Gasteiger partial charge in [0.1, 0.15) is 12.6 Å². The molecule has 0 fully saturated rings. The molecule has 0 aliphatic carbocycles. The molecule has 0 bridgehead atoms. The van der Waals surface area contributed by atoms with Crippen LogP contribution in [0.4, 0.5) is 0 Å². The molecule has 27 heavy (non-hydrogen) atoms. The molecule has 7 heteroatoms. The maximum Gasteiger partial charge on any atom is 0.191 e. The van der Waals surface area contributed by atoms with E-state index in [0.29, 0.717) is 25.0 Å². The molecule has 0 saturated carbocycles. The van der Waals surface area contributed by atoms with Gasteiger partial charge in [0.2, 0.25) is 0 Å². The lowest BCUT2D eigenvalue weighted by Crippen LogP contribution is -2.39. The average molecular weight is 387 g/mol. The van der Waals surface area contributed by atoms with Crippen molar-refractivity contribution in [1.82, 2.24) is 15.8 Å². The number of aliphatic imine (C=N–C) groups is 1. The molecule has 3 N–H and O–H groups in total. The van der Waals surface area contributed by atoms with Gasteiger partial charge in [0.15, 0.2) is 11.7 Å². The number of thiophene rings is 1. The van der Waals surface area contributed by atoms with Crippen LogP contribution >= 0.6 is 11.3 Å². The zero-order valence-electron chi connectivity index (χ0n) is 15.9. The number of rotatable bonds is 7. The summed E-state index contributed by atoms with van der Waals surface area (Å²) in [5.41, 5.74) is 0.929. The molecule has 3 rings (SSSR count). The number of aliphatic hydroxyl groups excluding tert-OH is 1. The van der Waals surface area contributed by atoms with Crippen molar-refractivity contribution in [2.45, 2.75) is 39.3 Å². The number of nitrogens with zero attached hydrogens (tertiary/aromatic N) is 2. The molecule has 144 valence electrons. The smallest absolute Gasteiger partial charge is 0.191 e. The fraction of sp³-hybridized carbons (Fsp3) is 0.400. The molecule has 3 aromatic rings. The van der Waals surface area contributed by atoms with Gasteiger partial charge in [-0.2, -0.15) is 0 Å². The van der Waals surface area contributed by atoms with Crippen LogP contribution in [0.5, 0.6) is 0 Å². The first kappa shape index (κ1) is 19.4. The van der Waals surface area contributed by atoms with Crippen LogP contribution in [0.25, 0.3) is 10.1 Å². The average Bonchev–Trinajstić information content (AvgIpc) is 3.30. The van der Waals surface area contributed by atoms with Crippen molar-refractivity contribution in [2.24, 2.45) is 4.99 Å². The fourth-order valence-corrected chi connectivity index (χ4v) is 3.69. The van der Waals surface area contributed by atoms with E-state index < -0.39 is 6.10 Å². The normalized spacial score (nSPS) is 13.3. The van der Waals surface area contributed by atoms with Gasteiger partial charge >= 0.3 is 0 Å². The SMILES string of the molecule is CCNC(=NCc1cc(C(C)C)no1)NCC(O)c1cc2ccccc2s1. The third-order valence-corrected chi connectivity index (χ3v) is 5.36. The monoisotopic (exact) mass is 386 g/mol. The van der Waals surface area contributed by atoms with Crippen molar-refractivity contribution >= 4 is 27.4 Å². The van der Waals surface area contributed by atoms with Crippen LogP contribution in [-0.4, -0.2) is 29.3 Å². The lowest BCUT2D eigenvalue weighted by Gasteiger charge is -2.14. The van der Waals surface area contributed by atoms with Gasteiger partial charge < -0.3 is 20.3 Å². The number of guanidine groups is 1. The van der Waals surface area contributed by atoms with Gasteiger partial charge in [-0.1, -0.05) is 37.2 Å². The number of nitrogens with one attached hydrogen (secondary N) is 2. The molecule has 0 saturated heterocycles. The summed E-state index contributed by atoms with van der Waals surface area (Å²) in [6, 6.07) is 12.1. The topological polar surface area (TPSA) is 82.7 Å². The first-order chi connectivity index (χ1) is 13.1. The van der Waals surface area contributed by atoms with Gasteiger partial charge in [0.25, 0.3) is 0 Å². The van der Waals surface area contributed by atoms with Gasteiger partial charge in [0, 0.05) is 28.7 Å². The first-order valence-corrected chi connectivity index (χ1v) is 10.0. The summed E-state index contributed by atoms with van der Waals surface area (Å²) in [6.07, 6.45) is -0.593. The van der Waals surface area contributed by atoms with Crippen molar-refractivity contribution in [3.05, 3.63) is 52.7 Å². The summed E-state index contributed by atoms with van der Waals surface area (Å²) in [4.78, 5) is 5.46. The second-order valence-electron chi connectivity index (χ2n) is 6.65. The number of fused-ring (bicyclic) bond motifs is 1. The van der Waals surface area contributed by atoms with Crippen LogP contribution in [0.2, 0.25) is 0 Å². The van der Waals surface area contributed by atoms with Crippen molar-refractivity contribution in [3.63, 3.8) is 0 Å². The molecular weight excluding hydrogens is 360 g/mol. The van der Waals surface area contributed by atoms with E-state index in [-0.39, 0.29) is 0 Å². The van der Waals surface area contributed by atoms with Crippen molar-refractivity contribution in [2.75, 3.05) is 13.1 Å². The summed E-state index contributed by atoms with van der Waals surface area (Å²) >= 11 is 1.61. The highest BCUT2D eigenvalue weighted by Crippen LogP contribution is 2.29. The molecule has 1 atom stereocenters. The minimum Gasteiger partial charge on any atom is -0.386 e. The van der Waals surface area contributed by atoms with E-state index in [0.717, 1.165) is 28.3 Å². The largest absolute Gasteiger partial charge is 0.386 e. The Bertz CT molecular complexity index is 867. The third-order valence-electron chi connectivity index (χ3n) is 4.14. The minimum absolute atomic E-state index is 0.328. The van der Waals surface area contributed by atoms with Crippen molar-refractivity contribution in [1.29, 1.82) is 0 Å². The van der Waals surface area contributed by atoms with Gasteiger partial charge in [0.05, 0.1) is 5.69 Å². The summed E-state index contributed by atoms with van der Waals surface area (Å²) in [6.45, 7) is 7.67. The van der Waals surface area contributed by atoms with Gasteiger partial charge in [-0.15, -0.1) is 11.3 Å². The molecule has 1 aromatic carbocycles. The molecule has 1 unspecified atom stereocenters. The summed E-state index contributed by atoms with van der Waals surface area (Å²) in [7, 11) is 0. The third kappa shape index (κ3) is 5.08. The number of aliphatic hydroxyl groups is 1. The predicted molar refractivity (Wildman–Crippen MR) is 110 cm³/mol. The Morgan fingerprint density at radius 3 is 2.78 bits per heavy atom. The molecule has 6 nitrogen and oxygen atoms in total. The molecule has 0 amide bonds. The highest BCUT2D eigenvalue weighted by atomic mass is 32.1. The van der Waals surface area contributed by atoms with Gasteiger partial charge in [-0.3, -0.25) is 0 Å². The highest BCUT2D eigenvalue weighted by Gasteiger charge is 2.12. The summed E-state index contributed by atoms with van der Waals surface area (Å²) < 4.78 is 6.50. The fourth-order valence-electron chi connectivity index (χ4n) is 2.63. The van der Waals surface area contributed by atoms with Crippen LogP contribution in [-0.2, 0) is 6.54 Å². The minimum atomic E-state index is -0.593.